The highest BCUT2D eigenvalue weighted by Gasteiger charge is 2.21. The minimum atomic E-state index is -0.814. The quantitative estimate of drug-likeness (QED) is 0.773. The number of thioether (sulfide) groups is 1. The smallest absolute Gasteiger partial charge is 0.313 e. The van der Waals surface area contributed by atoms with E-state index in [-0.39, 0.29) is 5.75 Å². The van der Waals surface area contributed by atoms with Crippen molar-refractivity contribution in [3.63, 3.8) is 0 Å². The summed E-state index contributed by atoms with van der Waals surface area (Å²) in [7, 11) is 2.16. The van der Waals surface area contributed by atoms with Gasteiger partial charge in [-0.2, -0.15) is 0 Å². The summed E-state index contributed by atoms with van der Waals surface area (Å²) in [6.45, 7) is 5.30. The number of carboxylic acids is 1. The number of aromatic nitrogens is 3. The van der Waals surface area contributed by atoms with Crippen molar-refractivity contribution in [1.82, 2.24) is 19.7 Å². The van der Waals surface area contributed by atoms with Crippen molar-refractivity contribution < 1.29 is 9.90 Å². The molecule has 1 aliphatic heterocycles. The molecule has 1 N–H and O–H groups in total. The van der Waals surface area contributed by atoms with E-state index in [1.165, 1.54) is 24.6 Å². The van der Waals surface area contributed by atoms with Gasteiger partial charge < -0.3 is 14.6 Å². The SMILES string of the molecule is CCCc1nnc(SCC(=O)O)n1CC1CCN(C)CC1. The molecular weight excluding hydrogens is 288 g/mol. The Balaban J connectivity index is 2.06. The lowest BCUT2D eigenvalue weighted by atomic mass is 9.97. The molecule has 2 heterocycles. The molecule has 0 aliphatic carbocycles. The molecule has 21 heavy (non-hydrogen) atoms. The third-order valence-electron chi connectivity index (χ3n) is 3.87. The zero-order chi connectivity index (χ0) is 15.2. The van der Waals surface area contributed by atoms with Gasteiger partial charge in [0.15, 0.2) is 5.16 Å². The van der Waals surface area contributed by atoms with E-state index in [2.05, 4.69) is 33.6 Å². The molecule has 7 heteroatoms. The highest BCUT2D eigenvalue weighted by Crippen LogP contribution is 2.23. The van der Waals surface area contributed by atoms with Gasteiger partial charge in [-0.1, -0.05) is 18.7 Å². The van der Waals surface area contributed by atoms with Gasteiger partial charge in [0.05, 0.1) is 5.75 Å². The van der Waals surface area contributed by atoms with Crippen LogP contribution in [0, 0.1) is 5.92 Å². The monoisotopic (exact) mass is 312 g/mol. The largest absolute Gasteiger partial charge is 0.481 e. The van der Waals surface area contributed by atoms with Gasteiger partial charge in [-0.3, -0.25) is 4.79 Å². The predicted octanol–water partition coefficient (Wildman–Crippen LogP) is 1.75. The van der Waals surface area contributed by atoms with Crippen LogP contribution < -0.4 is 0 Å². The summed E-state index contributed by atoms with van der Waals surface area (Å²) in [5.41, 5.74) is 0. The molecule has 1 aromatic heterocycles. The molecule has 118 valence electrons. The summed E-state index contributed by atoms with van der Waals surface area (Å²) in [4.78, 5) is 13.1. The highest BCUT2D eigenvalue weighted by molar-refractivity contribution is 7.99. The van der Waals surface area contributed by atoms with Crippen molar-refractivity contribution in [2.24, 2.45) is 5.92 Å². The van der Waals surface area contributed by atoms with Crippen molar-refractivity contribution in [2.45, 2.75) is 44.3 Å². The number of piperidine rings is 1. The summed E-state index contributed by atoms with van der Waals surface area (Å²) >= 11 is 1.27. The number of carboxylic acid groups (broad SMARTS) is 1. The zero-order valence-electron chi connectivity index (χ0n) is 12.8. The van der Waals surface area contributed by atoms with Crippen LogP contribution in [0.25, 0.3) is 0 Å². The molecule has 0 spiro atoms. The van der Waals surface area contributed by atoms with E-state index >= 15 is 0 Å². The maximum Gasteiger partial charge on any atom is 0.313 e. The summed E-state index contributed by atoms with van der Waals surface area (Å²) in [5, 5.41) is 18.0. The van der Waals surface area contributed by atoms with Gasteiger partial charge >= 0.3 is 5.97 Å². The van der Waals surface area contributed by atoms with E-state index in [4.69, 9.17) is 5.11 Å². The number of aliphatic carboxylic acids is 1. The van der Waals surface area contributed by atoms with Gasteiger partial charge in [-0.15, -0.1) is 10.2 Å². The molecule has 1 saturated heterocycles. The molecule has 0 unspecified atom stereocenters. The van der Waals surface area contributed by atoms with E-state index in [0.29, 0.717) is 5.92 Å². The maximum absolute atomic E-state index is 10.8. The molecule has 2 rings (SSSR count). The van der Waals surface area contributed by atoms with Crippen LogP contribution in [0.1, 0.15) is 32.0 Å². The number of rotatable bonds is 7. The van der Waals surface area contributed by atoms with Gasteiger partial charge in [-0.25, -0.2) is 0 Å². The topological polar surface area (TPSA) is 71.2 Å². The summed E-state index contributed by atoms with van der Waals surface area (Å²) in [5.74, 6) is 0.852. The first kappa shape index (κ1) is 16.3. The lowest BCUT2D eigenvalue weighted by Crippen LogP contribution is -2.32. The normalized spacial score (nSPS) is 17.2. The highest BCUT2D eigenvalue weighted by atomic mass is 32.2. The van der Waals surface area contributed by atoms with Crippen LogP contribution >= 0.6 is 11.8 Å². The van der Waals surface area contributed by atoms with Crippen molar-refractivity contribution in [2.75, 3.05) is 25.9 Å². The van der Waals surface area contributed by atoms with Crippen molar-refractivity contribution in [3.8, 4) is 0 Å². The van der Waals surface area contributed by atoms with Crippen LogP contribution in [0.2, 0.25) is 0 Å². The lowest BCUT2D eigenvalue weighted by Gasteiger charge is -2.29. The molecule has 0 bridgehead atoms. The average molecular weight is 312 g/mol. The minimum absolute atomic E-state index is 0.0393. The third-order valence-corrected chi connectivity index (χ3v) is 4.82. The molecule has 0 radical (unpaired) electrons. The molecule has 1 aromatic rings. The van der Waals surface area contributed by atoms with Crippen LogP contribution in [-0.4, -0.2) is 56.6 Å². The zero-order valence-corrected chi connectivity index (χ0v) is 13.6. The van der Waals surface area contributed by atoms with Gasteiger partial charge in [0.1, 0.15) is 5.82 Å². The van der Waals surface area contributed by atoms with Crippen molar-refractivity contribution in [3.05, 3.63) is 5.82 Å². The van der Waals surface area contributed by atoms with E-state index in [1.807, 2.05) is 0 Å². The molecule has 0 atom stereocenters. The molecule has 0 aromatic carbocycles. The van der Waals surface area contributed by atoms with Crippen LogP contribution in [0.15, 0.2) is 5.16 Å². The van der Waals surface area contributed by atoms with E-state index in [9.17, 15) is 4.79 Å². The van der Waals surface area contributed by atoms with E-state index in [1.54, 1.807) is 0 Å². The predicted molar refractivity (Wildman–Crippen MR) is 82.6 cm³/mol. The van der Waals surface area contributed by atoms with Crippen LogP contribution in [-0.2, 0) is 17.8 Å². The van der Waals surface area contributed by atoms with Crippen LogP contribution in [0.5, 0.6) is 0 Å². The van der Waals surface area contributed by atoms with E-state index < -0.39 is 5.97 Å². The van der Waals surface area contributed by atoms with E-state index in [0.717, 1.165) is 43.5 Å². The molecule has 0 amide bonds. The Labute approximate surface area is 129 Å². The minimum Gasteiger partial charge on any atom is -0.481 e. The van der Waals surface area contributed by atoms with Gasteiger partial charge in [-0.05, 0) is 45.3 Å². The number of likely N-dealkylation sites (tertiary alicyclic amines) is 1. The molecule has 1 fully saturated rings. The molecular formula is C14H24N4O2S. The summed E-state index contributed by atoms with van der Waals surface area (Å²) < 4.78 is 2.15. The summed E-state index contributed by atoms with van der Waals surface area (Å²) in [6.07, 6.45) is 4.29. The van der Waals surface area contributed by atoms with Crippen LogP contribution in [0.4, 0.5) is 0 Å². The first-order valence-electron chi connectivity index (χ1n) is 7.55. The fraction of sp³-hybridized carbons (Fsp3) is 0.786. The Hall–Kier alpha value is -1.08. The molecule has 1 aliphatic rings. The Morgan fingerprint density at radius 3 is 2.71 bits per heavy atom. The fourth-order valence-corrected chi connectivity index (χ4v) is 3.33. The Morgan fingerprint density at radius 2 is 2.10 bits per heavy atom. The number of nitrogens with zero attached hydrogens (tertiary/aromatic N) is 4. The second kappa shape index (κ2) is 7.79. The number of hydrogen-bond donors (Lipinski definition) is 1. The second-order valence-corrected chi connectivity index (χ2v) is 6.63. The third kappa shape index (κ3) is 4.71. The Bertz CT molecular complexity index is 470. The lowest BCUT2D eigenvalue weighted by molar-refractivity contribution is -0.133. The maximum atomic E-state index is 10.8. The van der Waals surface area contributed by atoms with Gasteiger partial charge in [0.25, 0.3) is 0 Å². The average Bonchev–Trinajstić information content (AvgIpc) is 2.82. The molecule has 6 nitrogen and oxygen atoms in total. The Morgan fingerprint density at radius 1 is 1.38 bits per heavy atom. The number of carbonyl (C=O) groups is 1. The van der Waals surface area contributed by atoms with Gasteiger partial charge in [0.2, 0.25) is 0 Å². The fourth-order valence-electron chi connectivity index (χ4n) is 2.65. The first-order chi connectivity index (χ1) is 10.1. The number of hydrogen-bond acceptors (Lipinski definition) is 5. The Kier molecular flexibility index (Phi) is 6.05. The first-order valence-corrected chi connectivity index (χ1v) is 8.54. The second-order valence-electron chi connectivity index (χ2n) is 5.69. The molecule has 0 saturated carbocycles. The van der Waals surface area contributed by atoms with Gasteiger partial charge in [0, 0.05) is 13.0 Å². The standard InChI is InChI=1S/C14H24N4O2S/c1-3-4-12-15-16-14(21-10-13(19)20)18(12)9-11-5-7-17(2)8-6-11/h11H,3-10H2,1-2H3,(H,19,20). The van der Waals surface area contributed by atoms with Crippen molar-refractivity contribution in [1.29, 1.82) is 0 Å². The van der Waals surface area contributed by atoms with Crippen LogP contribution in [0.3, 0.4) is 0 Å². The summed E-state index contributed by atoms with van der Waals surface area (Å²) in [6, 6.07) is 0. The van der Waals surface area contributed by atoms with Crippen molar-refractivity contribution >= 4 is 17.7 Å². The number of aryl methyl sites for hydroxylation is 1.